The lowest BCUT2D eigenvalue weighted by Gasteiger charge is -2.03. The number of nitrogen functional groups attached to an aromatic ring is 1. The summed E-state index contributed by atoms with van der Waals surface area (Å²) in [6.45, 7) is 0.566. The highest BCUT2D eigenvalue weighted by molar-refractivity contribution is 6.31. The third-order valence-corrected chi connectivity index (χ3v) is 2.27. The number of rotatable bonds is 3. The number of nitrogens with zero attached hydrogens (tertiary/aromatic N) is 2. The maximum absolute atomic E-state index is 5.98. The number of H-pyrrole nitrogens is 1. The van der Waals surface area contributed by atoms with Crippen LogP contribution < -0.4 is 11.1 Å². The van der Waals surface area contributed by atoms with Gasteiger partial charge in [-0.25, -0.2) is 5.10 Å². The molecule has 0 fully saturated rings. The number of hydrogen-bond acceptors (Lipinski definition) is 4. The summed E-state index contributed by atoms with van der Waals surface area (Å²) >= 11 is 5.98. The first-order valence-electron chi connectivity index (χ1n) is 4.41. The Kier molecular flexibility index (Phi) is 2.73. The van der Waals surface area contributed by atoms with Crippen molar-refractivity contribution in [2.24, 2.45) is 0 Å². The summed E-state index contributed by atoms with van der Waals surface area (Å²) in [5.74, 6) is 0.754. The molecule has 0 saturated carbocycles. The molecule has 0 unspecified atom stereocenters. The molecular weight excluding hydrogens is 214 g/mol. The molecule has 15 heavy (non-hydrogen) atoms. The van der Waals surface area contributed by atoms with Crippen LogP contribution in [0.1, 0.15) is 5.56 Å². The van der Waals surface area contributed by atoms with Gasteiger partial charge in [-0.15, -0.1) is 5.10 Å². The smallest absolute Gasteiger partial charge is 0.243 e. The van der Waals surface area contributed by atoms with Gasteiger partial charge in [-0.1, -0.05) is 29.8 Å². The Balaban J connectivity index is 2.02. The zero-order valence-corrected chi connectivity index (χ0v) is 8.62. The van der Waals surface area contributed by atoms with Gasteiger partial charge in [0.25, 0.3) is 0 Å². The lowest BCUT2D eigenvalue weighted by atomic mass is 10.2. The van der Waals surface area contributed by atoms with Gasteiger partial charge in [0.2, 0.25) is 11.9 Å². The Bertz CT molecular complexity index is 453. The Morgan fingerprint density at radius 1 is 1.40 bits per heavy atom. The van der Waals surface area contributed by atoms with Crippen LogP contribution in [0, 0.1) is 0 Å². The molecule has 6 heteroatoms. The second-order valence-electron chi connectivity index (χ2n) is 2.99. The molecule has 1 heterocycles. The van der Waals surface area contributed by atoms with Crippen molar-refractivity contribution in [3.63, 3.8) is 0 Å². The van der Waals surface area contributed by atoms with Gasteiger partial charge in [0, 0.05) is 11.6 Å². The van der Waals surface area contributed by atoms with Crippen molar-refractivity contribution < 1.29 is 0 Å². The Labute approximate surface area is 91.7 Å². The van der Waals surface area contributed by atoms with Gasteiger partial charge in [0.15, 0.2) is 0 Å². The van der Waals surface area contributed by atoms with Crippen LogP contribution in [-0.2, 0) is 6.54 Å². The summed E-state index contributed by atoms with van der Waals surface area (Å²) in [5, 5.41) is 10.1. The van der Waals surface area contributed by atoms with Crippen LogP contribution in [0.2, 0.25) is 5.02 Å². The van der Waals surface area contributed by atoms with E-state index in [-0.39, 0.29) is 5.95 Å². The van der Waals surface area contributed by atoms with Crippen LogP contribution in [0.3, 0.4) is 0 Å². The van der Waals surface area contributed by atoms with Crippen molar-refractivity contribution in [3.8, 4) is 0 Å². The molecule has 1 aromatic heterocycles. The third kappa shape index (κ3) is 2.38. The van der Waals surface area contributed by atoms with E-state index in [1.165, 1.54) is 0 Å². The summed E-state index contributed by atoms with van der Waals surface area (Å²) in [5.41, 5.74) is 6.37. The fourth-order valence-electron chi connectivity index (χ4n) is 1.17. The fraction of sp³-hybridized carbons (Fsp3) is 0.111. The van der Waals surface area contributed by atoms with Crippen LogP contribution >= 0.6 is 11.6 Å². The van der Waals surface area contributed by atoms with E-state index in [9.17, 15) is 0 Å². The van der Waals surface area contributed by atoms with Crippen LogP contribution in [0.4, 0.5) is 11.9 Å². The molecule has 4 N–H and O–H groups in total. The average Bonchev–Trinajstić information content (AvgIpc) is 2.63. The molecule has 0 aliphatic carbocycles. The van der Waals surface area contributed by atoms with Gasteiger partial charge in [-0.2, -0.15) is 4.98 Å². The molecule has 0 saturated heterocycles. The minimum atomic E-state index is 0.289. The number of nitrogens with two attached hydrogens (primary N) is 1. The lowest BCUT2D eigenvalue weighted by molar-refractivity contribution is 1.05. The first-order chi connectivity index (χ1) is 7.25. The number of aromatic nitrogens is 3. The SMILES string of the molecule is Nc1nc(NCc2ccccc2Cl)n[nH]1. The largest absolute Gasteiger partial charge is 0.368 e. The summed E-state index contributed by atoms with van der Waals surface area (Å²) in [7, 11) is 0. The van der Waals surface area contributed by atoms with E-state index in [4.69, 9.17) is 17.3 Å². The second kappa shape index (κ2) is 4.18. The molecule has 0 aliphatic heterocycles. The summed E-state index contributed by atoms with van der Waals surface area (Å²) < 4.78 is 0. The zero-order valence-electron chi connectivity index (χ0n) is 7.87. The second-order valence-corrected chi connectivity index (χ2v) is 3.40. The van der Waals surface area contributed by atoms with Gasteiger partial charge in [-0.05, 0) is 11.6 Å². The van der Waals surface area contributed by atoms with E-state index in [1.807, 2.05) is 24.3 Å². The van der Waals surface area contributed by atoms with Crippen molar-refractivity contribution in [1.29, 1.82) is 0 Å². The molecule has 0 spiro atoms. The molecule has 1 aromatic carbocycles. The molecule has 0 bridgehead atoms. The Morgan fingerprint density at radius 2 is 2.20 bits per heavy atom. The molecule has 5 nitrogen and oxygen atoms in total. The number of aromatic amines is 1. The summed E-state index contributed by atoms with van der Waals surface area (Å²) in [6.07, 6.45) is 0. The van der Waals surface area contributed by atoms with Gasteiger partial charge < -0.3 is 11.1 Å². The number of halogens is 1. The fourth-order valence-corrected chi connectivity index (χ4v) is 1.37. The van der Waals surface area contributed by atoms with Crippen LogP contribution in [0.25, 0.3) is 0 Å². The predicted octanol–water partition coefficient (Wildman–Crippen LogP) is 1.65. The van der Waals surface area contributed by atoms with E-state index >= 15 is 0 Å². The highest BCUT2D eigenvalue weighted by Gasteiger charge is 2.01. The number of nitrogens with one attached hydrogen (secondary N) is 2. The predicted molar refractivity (Wildman–Crippen MR) is 59.6 cm³/mol. The van der Waals surface area contributed by atoms with Gasteiger partial charge >= 0.3 is 0 Å². The number of benzene rings is 1. The third-order valence-electron chi connectivity index (χ3n) is 1.90. The topological polar surface area (TPSA) is 79.6 Å². The molecule has 0 atom stereocenters. The van der Waals surface area contributed by atoms with Gasteiger partial charge in [-0.3, -0.25) is 0 Å². The first-order valence-corrected chi connectivity index (χ1v) is 4.78. The van der Waals surface area contributed by atoms with Gasteiger partial charge in [0.05, 0.1) is 0 Å². The standard InChI is InChI=1S/C9H10ClN5/c10-7-4-2-1-3-6(7)5-12-9-13-8(11)14-15-9/h1-4H,5H2,(H4,11,12,13,14,15). The molecule has 2 rings (SSSR count). The first kappa shape index (κ1) is 9.79. The zero-order chi connectivity index (χ0) is 10.7. The average molecular weight is 224 g/mol. The molecule has 0 radical (unpaired) electrons. The Hall–Kier alpha value is -1.75. The van der Waals surface area contributed by atoms with Crippen molar-refractivity contribution in [2.45, 2.75) is 6.54 Å². The number of hydrogen-bond donors (Lipinski definition) is 3. The number of anilines is 2. The quantitative estimate of drug-likeness (QED) is 0.739. The van der Waals surface area contributed by atoms with Crippen molar-refractivity contribution in [3.05, 3.63) is 34.9 Å². The lowest BCUT2D eigenvalue weighted by Crippen LogP contribution is -2.01. The van der Waals surface area contributed by atoms with Gasteiger partial charge in [0.1, 0.15) is 0 Å². The molecule has 78 valence electrons. The van der Waals surface area contributed by atoms with Crippen LogP contribution in [0.5, 0.6) is 0 Å². The highest BCUT2D eigenvalue weighted by atomic mass is 35.5. The normalized spacial score (nSPS) is 10.2. The molecule has 2 aromatic rings. The van der Waals surface area contributed by atoms with Crippen molar-refractivity contribution in [2.75, 3.05) is 11.1 Å². The van der Waals surface area contributed by atoms with E-state index in [1.54, 1.807) is 0 Å². The minimum absolute atomic E-state index is 0.289. The van der Waals surface area contributed by atoms with Crippen molar-refractivity contribution in [1.82, 2.24) is 15.2 Å². The van der Waals surface area contributed by atoms with E-state index in [0.29, 0.717) is 17.5 Å². The van der Waals surface area contributed by atoms with Crippen LogP contribution in [-0.4, -0.2) is 15.2 Å². The Morgan fingerprint density at radius 3 is 2.87 bits per heavy atom. The van der Waals surface area contributed by atoms with E-state index in [2.05, 4.69) is 20.5 Å². The molecule has 0 amide bonds. The molecular formula is C9H10ClN5. The summed E-state index contributed by atoms with van der Waals surface area (Å²) in [6, 6.07) is 7.59. The van der Waals surface area contributed by atoms with Crippen molar-refractivity contribution >= 4 is 23.5 Å². The summed E-state index contributed by atoms with van der Waals surface area (Å²) in [4.78, 5) is 3.91. The van der Waals surface area contributed by atoms with Crippen LogP contribution in [0.15, 0.2) is 24.3 Å². The van der Waals surface area contributed by atoms with E-state index < -0.39 is 0 Å². The molecule has 0 aliphatic rings. The maximum Gasteiger partial charge on any atom is 0.243 e. The monoisotopic (exact) mass is 223 g/mol. The maximum atomic E-state index is 5.98. The highest BCUT2D eigenvalue weighted by Crippen LogP contribution is 2.15. The van der Waals surface area contributed by atoms with E-state index in [0.717, 1.165) is 5.56 Å². The minimum Gasteiger partial charge on any atom is -0.368 e.